The smallest absolute Gasteiger partial charge is 0.278 e. The van der Waals surface area contributed by atoms with Crippen LogP contribution in [0.5, 0.6) is 5.88 Å². The summed E-state index contributed by atoms with van der Waals surface area (Å²) in [7, 11) is 2.12. The molecule has 2 aliphatic rings. The van der Waals surface area contributed by atoms with Crippen LogP contribution in [0, 0.1) is 0 Å². The van der Waals surface area contributed by atoms with Crippen molar-refractivity contribution in [3.63, 3.8) is 0 Å². The Balaban J connectivity index is 1.30. The number of aromatic nitrogens is 5. The molecule has 0 bridgehead atoms. The van der Waals surface area contributed by atoms with Gasteiger partial charge in [-0.3, -0.25) is 4.79 Å². The van der Waals surface area contributed by atoms with Crippen LogP contribution in [0.3, 0.4) is 0 Å². The van der Waals surface area contributed by atoms with Gasteiger partial charge in [0.2, 0.25) is 11.8 Å². The molecule has 4 aromatic rings. The molecule has 1 aromatic carbocycles. The summed E-state index contributed by atoms with van der Waals surface area (Å²) in [6.45, 7) is 9.36. The van der Waals surface area contributed by atoms with E-state index in [1.54, 1.807) is 21.6 Å². The first-order valence-corrected chi connectivity index (χ1v) is 13.7. The van der Waals surface area contributed by atoms with Crippen molar-refractivity contribution in [1.82, 2.24) is 29.2 Å². The number of piperidine rings is 1. The highest BCUT2D eigenvalue weighted by Gasteiger charge is 2.21. The van der Waals surface area contributed by atoms with E-state index in [2.05, 4.69) is 45.9 Å². The van der Waals surface area contributed by atoms with E-state index in [0.29, 0.717) is 35.2 Å². The van der Waals surface area contributed by atoms with E-state index in [0.717, 1.165) is 63.6 Å². The quantitative estimate of drug-likeness (QED) is 0.336. The summed E-state index contributed by atoms with van der Waals surface area (Å²) in [4.78, 5) is 31.9. The molecule has 40 heavy (non-hydrogen) atoms. The molecule has 5 heterocycles. The third-order valence-electron chi connectivity index (χ3n) is 7.36. The van der Waals surface area contributed by atoms with Gasteiger partial charge in [0.25, 0.3) is 5.56 Å². The molecular weight excluding hydrogens is 508 g/mol. The molecule has 2 fully saturated rings. The molecule has 0 amide bonds. The molecule has 2 aliphatic heterocycles. The number of fused-ring (bicyclic) bond motifs is 1. The average Bonchev–Trinajstić information content (AvgIpc) is 3.26. The van der Waals surface area contributed by atoms with Crippen LogP contribution in [0.15, 0.2) is 66.1 Å². The molecular formula is C29H34N8O3. The van der Waals surface area contributed by atoms with Crippen LogP contribution in [-0.2, 0) is 11.3 Å². The van der Waals surface area contributed by atoms with E-state index in [9.17, 15) is 4.79 Å². The summed E-state index contributed by atoms with van der Waals surface area (Å²) < 4.78 is 15.0. The summed E-state index contributed by atoms with van der Waals surface area (Å²) in [5, 5.41) is 3.68. The Bertz CT molecular complexity index is 1530. The maximum Gasteiger partial charge on any atom is 0.278 e. The predicted octanol–water partition coefficient (Wildman–Crippen LogP) is 3.22. The molecule has 1 N–H and O–H groups in total. The first kappa shape index (κ1) is 26.0. The van der Waals surface area contributed by atoms with Gasteiger partial charge in [0.05, 0.1) is 19.8 Å². The minimum atomic E-state index is -0.209. The van der Waals surface area contributed by atoms with E-state index < -0.39 is 0 Å². The van der Waals surface area contributed by atoms with E-state index >= 15 is 0 Å². The minimum Gasteiger partial charge on any atom is -0.474 e. The molecule has 6 rings (SSSR count). The van der Waals surface area contributed by atoms with Crippen LogP contribution in [0.4, 0.5) is 17.3 Å². The van der Waals surface area contributed by atoms with E-state index in [1.807, 2.05) is 30.3 Å². The van der Waals surface area contributed by atoms with Gasteiger partial charge in [-0.2, -0.15) is 9.97 Å². The second kappa shape index (κ2) is 11.5. The van der Waals surface area contributed by atoms with Gasteiger partial charge in [0, 0.05) is 49.8 Å². The number of benzene rings is 1. The lowest BCUT2D eigenvalue weighted by Crippen LogP contribution is -2.36. The summed E-state index contributed by atoms with van der Waals surface area (Å²) >= 11 is 0. The van der Waals surface area contributed by atoms with Crippen LogP contribution < -0.4 is 20.5 Å². The van der Waals surface area contributed by atoms with Gasteiger partial charge in [0.1, 0.15) is 11.5 Å². The second-order valence-electron chi connectivity index (χ2n) is 10.1. The summed E-state index contributed by atoms with van der Waals surface area (Å²) in [5.74, 6) is 1.45. The number of nitrogens with one attached hydrogen (secondary N) is 1. The molecule has 208 valence electrons. The Hall–Kier alpha value is -4.22. The number of morpholine rings is 1. The molecule has 2 saturated heterocycles. The fraction of sp³-hybridized carbons (Fsp3) is 0.379. The molecule has 0 spiro atoms. The molecule has 0 unspecified atom stereocenters. The highest BCUT2D eigenvalue weighted by Crippen LogP contribution is 2.23. The van der Waals surface area contributed by atoms with Crippen molar-refractivity contribution in [2.45, 2.75) is 25.5 Å². The second-order valence-corrected chi connectivity index (χ2v) is 10.1. The number of likely N-dealkylation sites (tertiary alicyclic amines) is 1. The number of hydrogen-bond acceptors (Lipinski definition) is 9. The fourth-order valence-corrected chi connectivity index (χ4v) is 5.18. The van der Waals surface area contributed by atoms with E-state index in [-0.39, 0.29) is 11.7 Å². The van der Waals surface area contributed by atoms with Gasteiger partial charge < -0.3 is 24.6 Å². The maximum atomic E-state index is 13.3. The van der Waals surface area contributed by atoms with Gasteiger partial charge in [-0.25, -0.2) is 14.3 Å². The van der Waals surface area contributed by atoms with Gasteiger partial charge in [0.15, 0.2) is 11.5 Å². The summed E-state index contributed by atoms with van der Waals surface area (Å²) in [5.41, 5.74) is 2.24. The highest BCUT2D eigenvalue weighted by molar-refractivity contribution is 5.77. The van der Waals surface area contributed by atoms with Crippen LogP contribution in [-0.4, -0.2) is 81.8 Å². The summed E-state index contributed by atoms with van der Waals surface area (Å²) in [6.07, 6.45) is 5.25. The molecule has 0 atom stereocenters. The van der Waals surface area contributed by atoms with Gasteiger partial charge in [-0.1, -0.05) is 12.1 Å². The lowest BCUT2D eigenvalue weighted by Gasteiger charge is -2.29. The van der Waals surface area contributed by atoms with Crippen molar-refractivity contribution in [2.24, 2.45) is 0 Å². The van der Waals surface area contributed by atoms with Crippen LogP contribution in [0.2, 0.25) is 0 Å². The zero-order valence-electron chi connectivity index (χ0n) is 22.7. The van der Waals surface area contributed by atoms with Crippen molar-refractivity contribution < 1.29 is 9.47 Å². The number of anilines is 3. The topological polar surface area (TPSA) is 103 Å². The number of allylic oxidation sites excluding steroid dienone is 1. The van der Waals surface area contributed by atoms with Crippen molar-refractivity contribution in [2.75, 3.05) is 56.7 Å². The lowest BCUT2D eigenvalue weighted by atomic mass is 10.1. The standard InChI is InChI=1S/C29H34N8O3/c1-3-13-36-28(38)24-20-30-29(31-21-7-9-22(10-8-21)35-16-18-39-19-17-35)33-27(24)37(36)25-5-4-6-26(32-25)40-23-11-14-34(2)15-12-23/h3-10,20,23H,1,11-19H2,2H3,(H,30,31,33). The highest BCUT2D eigenvalue weighted by atomic mass is 16.5. The minimum absolute atomic E-state index is 0.114. The molecule has 11 heteroatoms. The van der Waals surface area contributed by atoms with Gasteiger partial charge in [-0.15, -0.1) is 6.58 Å². The van der Waals surface area contributed by atoms with Crippen molar-refractivity contribution in [3.05, 3.63) is 71.7 Å². The molecule has 0 aliphatic carbocycles. The average molecular weight is 543 g/mol. The van der Waals surface area contributed by atoms with Crippen molar-refractivity contribution in [3.8, 4) is 11.7 Å². The predicted molar refractivity (Wildman–Crippen MR) is 155 cm³/mol. The first-order valence-electron chi connectivity index (χ1n) is 13.7. The number of pyridine rings is 1. The molecule has 3 aromatic heterocycles. The molecule has 0 saturated carbocycles. The Labute approximate surface area is 232 Å². The Morgan fingerprint density at radius 3 is 2.60 bits per heavy atom. The SMILES string of the molecule is C=CCn1c(=O)c2cnc(Nc3ccc(N4CCOCC4)cc3)nc2n1-c1cccc(OC2CCN(C)CC2)n1. The zero-order chi connectivity index (χ0) is 27.5. The molecule has 11 nitrogen and oxygen atoms in total. The monoisotopic (exact) mass is 542 g/mol. The third-order valence-corrected chi connectivity index (χ3v) is 7.36. The number of rotatable bonds is 8. The van der Waals surface area contributed by atoms with Crippen LogP contribution in [0.25, 0.3) is 16.9 Å². The van der Waals surface area contributed by atoms with Crippen LogP contribution >= 0.6 is 0 Å². The number of ether oxygens (including phenoxy) is 2. The maximum absolute atomic E-state index is 13.3. The Morgan fingerprint density at radius 2 is 1.85 bits per heavy atom. The molecule has 0 radical (unpaired) electrons. The third kappa shape index (κ3) is 5.43. The Morgan fingerprint density at radius 1 is 1.07 bits per heavy atom. The fourth-order valence-electron chi connectivity index (χ4n) is 5.18. The number of nitrogens with zero attached hydrogens (tertiary/aromatic N) is 7. The summed E-state index contributed by atoms with van der Waals surface area (Å²) in [6, 6.07) is 13.7. The van der Waals surface area contributed by atoms with Crippen molar-refractivity contribution >= 4 is 28.4 Å². The largest absolute Gasteiger partial charge is 0.474 e. The zero-order valence-corrected chi connectivity index (χ0v) is 22.7. The van der Waals surface area contributed by atoms with Crippen LogP contribution in [0.1, 0.15) is 12.8 Å². The normalized spacial score (nSPS) is 16.8. The van der Waals surface area contributed by atoms with E-state index in [1.165, 1.54) is 0 Å². The Kier molecular flexibility index (Phi) is 7.47. The lowest BCUT2D eigenvalue weighted by molar-refractivity contribution is 0.110. The van der Waals surface area contributed by atoms with Crippen molar-refractivity contribution in [1.29, 1.82) is 0 Å². The van der Waals surface area contributed by atoms with Gasteiger partial charge >= 0.3 is 0 Å². The first-order chi connectivity index (χ1) is 19.6. The van der Waals surface area contributed by atoms with Gasteiger partial charge in [-0.05, 0) is 50.2 Å². The number of hydrogen-bond donors (Lipinski definition) is 1. The van der Waals surface area contributed by atoms with E-state index in [4.69, 9.17) is 19.4 Å².